The van der Waals surface area contributed by atoms with Crippen molar-refractivity contribution in [1.82, 2.24) is 24.6 Å². The highest BCUT2D eigenvalue weighted by Crippen LogP contribution is 2.52. The molecule has 45 heavy (non-hydrogen) atoms. The molecule has 3 aromatic rings. The predicted molar refractivity (Wildman–Crippen MR) is 164 cm³/mol. The van der Waals surface area contributed by atoms with E-state index in [-0.39, 0.29) is 23.4 Å². The zero-order chi connectivity index (χ0) is 32.0. The van der Waals surface area contributed by atoms with Gasteiger partial charge in [0.2, 0.25) is 5.95 Å². The van der Waals surface area contributed by atoms with Crippen molar-refractivity contribution in [2.45, 2.75) is 87.5 Å². The Bertz CT molecular complexity index is 1600. The summed E-state index contributed by atoms with van der Waals surface area (Å²) in [5.41, 5.74) is 3.38. The van der Waals surface area contributed by atoms with Crippen LogP contribution in [0, 0.1) is 0 Å². The third kappa shape index (κ3) is 6.22. The molecule has 244 valence electrons. The smallest absolute Gasteiger partial charge is 0.459 e. The summed E-state index contributed by atoms with van der Waals surface area (Å²) in [6, 6.07) is 6.16. The number of nitrogens with zero attached hydrogens (tertiary/aromatic N) is 4. The number of esters is 1. The molecule has 3 heterocycles. The monoisotopic (exact) mass is 665 g/mol. The number of halogens is 1. The van der Waals surface area contributed by atoms with Crippen molar-refractivity contribution < 1.29 is 38.1 Å². The van der Waals surface area contributed by atoms with Gasteiger partial charge in [0.25, 0.3) is 0 Å². The van der Waals surface area contributed by atoms with Crippen LogP contribution >= 0.6 is 19.3 Å². The van der Waals surface area contributed by atoms with Crippen molar-refractivity contribution in [2.75, 3.05) is 24.7 Å². The number of carbonyl (C=O) groups excluding carboxylic acids is 1. The average molecular weight is 666 g/mol. The van der Waals surface area contributed by atoms with Gasteiger partial charge in [-0.1, -0.05) is 11.6 Å². The Hall–Kier alpha value is -3.04. The van der Waals surface area contributed by atoms with Gasteiger partial charge in [-0.3, -0.25) is 13.9 Å². The van der Waals surface area contributed by atoms with Crippen LogP contribution in [0.3, 0.4) is 0 Å². The average Bonchev–Trinajstić information content (AvgIpc) is 3.70. The Morgan fingerprint density at radius 1 is 1.22 bits per heavy atom. The minimum absolute atomic E-state index is 0.0329. The number of aliphatic hydroxyl groups excluding tert-OH is 1. The number of nitrogens with one attached hydrogen (secondary N) is 2. The van der Waals surface area contributed by atoms with Gasteiger partial charge in [-0.05, 0) is 76.1 Å². The Morgan fingerprint density at radius 2 is 1.93 bits per heavy atom. The fraction of sp³-hybridized carbons (Fsp3) is 0.571. The summed E-state index contributed by atoms with van der Waals surface area (Å²) in [5, 5.41) is 28.8. The maximum absolute atomic E-state index is 14.4. The summed E-state index contributed by atoms with van der Waals surface area (Å²) in [7, 11) is -2.68. The van der Waals surface area contributed by atoms with E-state index in [2.05, 4.69) is 25.4 Å². The van der Waals surface area contributed by atoms with E-state index in [4.69, 9.17) is 35.9 Å². The number of imidazole rings is 1. The Kier molecular flexibility index (Phi) is 8.72. The Balaban J connectivity index is 1.24. The summed E-state index contributed by atoms with van der Waals surface area (Å²) in [6.07, 6.45) is 2.35. The first-order valence-electron chi connectivity index (χ1n) is 14.9. The number of hydrogen-bond donors (Lipinski definition) is 5. The lowest BCUT2D eigenvalue weighted by atomic mass is 9.78. The summed E-state index contributed by atoms with van der Waals surface area (Å²) in [4.78, 5) is 26.1. The van der Waals surface area contributed by atoms with Crippen molar-refractivity contribution in [3.8, 4) is 5.75 Å². The maximum atomic E-state index is 14.4. The van der Waals surface area contributed by atoms with Crippen LogP contribution in [-0.4, -0.2) is 78.8 Å². The van der Waals surface area contributed by atoms with Crippen molar-refractivity contribution >= 4 is 48.2 Å². The lowest BCUT2D eigenvalue weighted by molar-refractivity contribution is -0.160. The number of nitrogens with two attached hydrogens (primary N) is 1. The third-order valence-electron chi connectivity index (χ3n) is 8.66. The fourth-order valence-corrected chi connectivity index (χ4v) is 7.84. The molecular formula is C28H37ClN7O8P. The SMILES string of the molecule is CNc1nc(N)nc2c1ncn2C1OC(COP(=O)(NC2(C(=O)OC3CCCC3)CCC2)Oc2ccc(Cl)cc2)[C@@H](O)[C@@]1(C)O. The quantitative estimate of drug-likeness (QED) is 0.147. The zero-order valence-corrected chi connectivity index (χ0v) is 26.5. The second kappa shape index (κ2) is 12.3. The summed E-state index contributed by atoms with van der Waals surface area (Å²) in [6.45, 7) is 0.910. The topological polar surface area (TPSA) is 205 Å². The van der Waals surface area contributed by atoms with Crippen LogP contribution in [0.2, 0.25) is 5.02 Å². The molecule has 2 aromatic heterocycles. The lowest BCUT2D eigenvalue weighted by Crippen LogP contribution is -2.57. The number of hydrogen-bond acceptors (Lipinski definition) is 13. The van der Waals surface area contributed by atoms with Crippen LogP contribution < -0.4 is 20.7 Å². The second-order valence-corrected chi connectivity index (χ2v) is 14.0. The van der Waals surface area contributed by atoms with Crippen LogP contribution in [-0.2, 0) is 23.4 Å². The number of ether oxygens (including phenoxy) is 2. The van der Waals surface area contributed by atoms with Gasteiger partial charge in [0.15, 0.2) is 23.2 Å². The van der Waals surface area contributed by atoms with E-state index in [0.717, 1.165) is 25.7 Å². The molecule has 15 nitrogen and oxygen atoms in total. The predicted octanol–water partition coefficient (Wildman–Crippen LogP) is 3.31. The third-order valence-corrected chi connectivity index (χ3v) is 10.5. The standard InChI is InChI=1S/C28H37ClN7O8P/c1-27(39)21(37)19(43-24(27)36-15-32-20-22(31-2)33-26(30)34-23(20)36)14-41-45(40,44-18-10-8-16(29)9-11-18)35-28(12-5-13-28)25(38)42-17-6-3-4-7-17/h8-11,15,17,19,21,24,37,39H,3-7,12-14H2,1-2H3,(H,35,40)(H3,30,31,33,34)/t19?,21-,24?,27-,45?/m1/s1. The molecule has 0 spiro atoms. The Labute approximate surface area is 264 Å². The molecule has 17 heteroatoms. The highest BCUT2D eigenvalue weighted by Gasteiger charge is 2.56. The van der Waals surface area contributed by atoms with Gasteiger partial charge in [-0.15, -0.1) is 0 Å². The van der Waals surface area contributed by atoms with E-state index in [1.165, 1.54) is 30.0 Å². The fourth-order valence-electron chi connectivity index (χ4n) is 5.97. The van der Waals surface area contributed by atoms with E-state index >= 15 is 0 Å². The van der Waals surface area contributed by atoms with E-state index in [0.29, 0.717) is 35.6 Å². The number of carbonyl (C=O) groups is 1. The van der Waals surface area contributed by atoms with Crippen molar-refractivity contribution in [3.63, 3.8) is 0 Å². The first-order valence-corrected chi connectivity index (χ1v) is 16.8. The second-order valence-electron chi connectivity index (χ2n) is 11.9. The largest absolute Gasteiger partial charge is 0.461 e. The highest BCUT2D eigenvalue weighted by atomic mass is 35.5. The molecule has 3 aliphatic rings. The number of fused-ring (bicyclic) bond motifs is 1. The van der Waals surface area contributed by atoms with Crippen molar-refractivity contribution in [3.05, 3.63) is 35.6 Å². The molecule has 2 saturated carbocycles. The van der Waals surface area contributed by atoms with Gasteiger partial charge in [-0.2, -0.15) is 15.1 Å². The normalized spacial score (nSPS) is 27.6. The summed E-state index contributed by atoms with van der Waals surface area (Å²) >= 11 is 6.03. The molecule has 0 amide bonds. The number of nitrogen functional groups attached to an aromatic ring is 1. The first-order chi connectivity index (χ1) is 21.4. The molecule has 2 aliphatic carbocycles. The number of aromatic nitrogens is 4. The van der Waals surface area contributed by atoms with Crippen molar-refractivity contribution in [2.24, 2.45) is 0 Å². The molecule has 3 unspecified atom stereocenters. The molecule has 3 fully saturated rings. The van der Waals surface area contributed by atoms with Crippen LogP contribution in [0.25, 0.3) is 11.2 Å². The van der Waals surface area contributed by atoms with E-state index in [1.54, 1.807) is 19.2 Å². The molecule has 0 bridgehead atoms. The van der Waals surface area contributed by atoms with Crippen LogP contribution in [0.15, 0.2) is 30.6 Å². The van der Waals surface area contributed by atoms with Crippen LogP contribution in [0.5, 0.6) is 5.75 Å². The minimum Gasteiger partial charge on any atom is -0.461 e. The van der Waals surface area contributed by atoms with Gasteiger partial charge >= 0.3 is 13.7 Å². The van der Waals surface area contributed by atoms with Crippen molar-refractivity contribution in [1.29, 1.82) is 0 Å². The molecule has 0 radical (unpaired) electrons. The number of rotatable bonds is 11. The molecule has 6 N–H and O–H groups in total. The van der Waals surface area contributed by atoms with Crippen LogP contribution in [0.4, 0.5) is 11.8 Å². The molecule has 1 saturated heterocycles. The van der Waals surface area contributed by atoms with Gasteiger partial charge in [-0.25, -0.2) is 9.55 Å². The molecule has 6 rings (SSSR count). The van der Waals surface area contributed by atoms with E-state index in [1.807, 2.05) is 0 Å². The molecule has 1 aromatic carbocycles. The zero-order valence-electron chi connectivity index (χ0n) is 24.9. The van der Waals surface area contributed by atoms with Gasteiger partial charge in [0, 0.05) is 12.1 Å². The van der Waals surface area contributed by atoms with Gasteiger partial charge < -0.3 is 35.3 Å². The summed E-state index contributed by atoms with van der Waals surface area (Å²) in [5.74, 6) is 0.0131. The highest BCUT2D eigenvalue weighted by molar-refractivity contribution is 7.52. The maximum Gasteiger partial charge on any atom is 0.459 e. The molecule has 5 atom stereocenters. The van der Waals surface area contributed by atoms with E-state index < -0.39 is 49.9 Å². The number of aliphatic hydroxyl groups is 2. The van der Waals surface area contributed by atoms with Gasteiger partial charge in [0.1, 0.15) is 35.2 Å². The number of anilines is 2. The Morgan fingerprint density at radius 3 is 2.58 bits per heavy atom. The van der Waals surface area contributed by atoms with E-state index in [9.17, 15) is 19.6 Å². The lowest BCUT2D eigenvalue weighted by Gasteiger charge is -2.41. The molecular weight excluding hydrogens is 629 g/mol. The minimum atomic E-state index is -4.33. The van der Waals surface area contributed by atoms with Crippen LogP contribution in [0.1, 0.15) is 58.1 Å². The number of benzene rings is 1. The molecule has 1 aliphatic heterocycles. The van der Waals surface area contributed by atoms with Gasteiger partial charge in [0.05, 0.1) is 12.9 Å². The first kappa shape index (κ1) is 31.9. The summed E-state index contributed by atoms with van der Waals surface area (Å²) < 4.78 is 39.4.